The lowest BCUT2D eigenvalue weighted by molar-refractivity contribution is -0.138. The van der Waals surface area contributed by atoms with Crippen LogP contribution in [0.3, 0.4) is 0 Å². The molecule has 9 nitrogen and oxygen atoms in total. The van der Waals surface area contributed by atoms with E-state index in [1.54, 1.807) is 19.1 Å². The Morgan fingerprint density at radius 3 is 2.41 bits per heavy atom. The van der Waals surface area contributed by atoms with Crippen molar-refractivity contribution in [3.63, 3.8) is 0 Å². The van der Waals surface area contributed by atoms with Crippen LogP contribution in [0.1, 0.15) is 42.1 Å². The molecule has 0 bridgehead atoms. The molecular weight excluding hydrogens is 434 g/mol. The minimum atomic E-state index is -0.875. The molecule has 1 fully saturated rings. The molecule has 9 heteroatoms. The van der Waals surface area contributed by atoms with Crippen molar-refractivity contribution in [1.29, 1.82) is 5.53 Å². The first-order valence-corrected chi connectivity index (χ1v) is 11.3. The number of nitrogens with zero attached hydrogens (tertiary/aromatic N) is 3. The number of amides is 3. The Bertz CT molecular complexity index is 1150. The number of carbonyl (C=O) groups is 3. The van der Waals surface area contributed by atoms with Gasteiger partial charge >= 0.3 is 12.0 Å². The van der Waals surface area contributed by atoms with Crippen molar-refractivity contribution >= 4 is 29.7 Å². The molecule has 4 rings (SSSR count). The highest BCUT2D eigenvalue weighted by atomic mass is 16.5. The van der Waals surface area contributed by atoms with Crippen LogP contribution in [0.2, 0.25) is 0 Å². The number of fused-ring (bicyclic) bond motifs is 1. The second-order valence-corrected chi connectivity index (χ2v) is 8.28. The molecular formula is C25H27N5O4. The summed E-state index contributed by atoms with van der Waals surface area (Å²) in [6, 6.07) is 12.0. The number of benzene rings is 2. The smallest absolute Gasteiger partial charge is 0.367 e. The third kappa shape index (κ3) is 4.60. The largest absolute Gasteiger partial charge is 0.463 e. The SMILES string of the molecule is CCOC(=O)C1=Cc2cc(-c3ccc(C(=O)N4CCCC4)cc3)ccc2N(C(=O)N=N)C(N)C1. The van der Waals surface area contributed by atoms with Gasteiger partial charge < -0.3 is 15.4 Å². The highest BCUT2D eigenvalue weighted by molar-refractivity contribution is 6.01. The summed E-state index contributed by atoms with van der Waals surface area (Å²) in [5.41, 5.74) is 17.1. The van der Waals surface area contributed by atoms with Gasteiger partial charge in [0.2, 0.25) is 0 Å². The van der Waals surface area contributed by atoms with E-state index in [4.69, 9.17) is 16.0 Å². The van der Waals surface area contributed by atoms with Crippen molar-refractivity contribution in [3.05, 3.63) is 59.2 Å². The minimum absolute atomic E-state index is 0.0373. The van der Waals surface area contributed by atoms with Gasteiger partial charge in [0, 0.05) is 30.6 Å². The van der Waals surface area contributed by atoms with Gasteiger partial charge in [0.25, 0.3) is 5.91 Å². The molecule has 1 unspecified atom stereocenters. The summed E-state index contributed by atoms with van der Waals surface area (Å²) in [6.07, 6.45) is 2.94. The summed E-state index contributed by atoms with van der Waals surface area (Å²) < 4.78 is 5.15. The van der Waals surface area contributed by atoms with Gasteiger partial charge in [-0.1, -0.05) is 23.3 Å². The monoisotopic (exact) mass is 461 g/mol. The topological polar surface area (TPSA) is 129 Å². The van der Waals surface area contributed by atoms with Crippen LogP contribution in [0.4, 0.5) is 10.5 Å². The molecule has 3 N–H and O–H groups in total. The molecule has 3 amide bonds. The number of hydrogen-bond acceptors (Lipinski definition) is 6. The first-order valence-electron chi connectivity index (χ1n) is 11.3. The predicted octanol–water partition coefficient (Wildman–Crippen LogP) is 4.18. The molecule has 2 aliphatic heterocycles. The maximum atomic E-state index is 12.6. The molecule has 2 aliphatic rings. The second kappa shape index (κ2) is 9.96. The quantitative estimate of drug-likeness (QED) is 0.521. The summed E-state index contributed by atoms with van der Waals surface area (Å²) in [5, 5.41) is 3.03. The third-order valence-electron chi connectivity index (χ3n) is 6.08. The van der Waals surface area contributed by atoms with Crippen molar-refractivity contribution < 1.29 is 19.1 Å². The third-order valence-corrected chi connectivity index (χ3v) is 6.08. The molecule has 0 aliphatic carbocycles. The fraction of sp³-hybridized carbons (Fsp3) is 0.320. The van der Waals surface area contributed by atoms with E-state index in [1.807, 2.05) is 41.3 Å². The number of likely N-dealkylation sites (tertiary alicyclic amines) is 1. The summed E-state index contributed by atoms with van der Waals surface area (Å²) in [7, 11) is 0. The number of rotatable bonds is 4. The number of nitrogens with two attached hydrogens (primary N) is 1. The number of nitrogens with one attached hydrogen (secondary N) is 1. The number of urea groups is 1. The predicted molar refractivity (Wildman–Crippen MR) is 127 cm³/mol. The molecule has 0 aromatic heterocycles. The molecule has 0 saturated carbocycles. The second-order valence-electron chi connectivity index (χ2n) is 8.28. The fourth-order valence-electron chi connectivity index (χ4n) is 4.38. The zero-order valence-corrected chi connectivity index (χ0v) is 19.0. The van der Waals surface area contributed by atoms with E-state index >= 15 is 0 Å². The van der Waals surface area contributed by atoms with E-state index in [0.29, 0.717) is 22.4 Å². The highest BCUT2D eigenvalue weighted by Gasteiger charge is 2.30. The van der Waals surface area contributed by atoms with Crippen molar-refractivity contribution in [2.45, 2.75) is 32.4 Å². The van der Waals surface area contributed by atoms with Gasteiger partial charge in [-0.05, 0) is 66.8 Å². The summed E-state index contributed by atoms with van der Waals surface area (Å²) in [5.74, 6) is -0.466. The molecule has 0 radical (unpaired) electrons. The van der Waals surface area contributed by atoms with E-state index in [1.165, 1.54) is 4.90 Å². The van der Waals surface area contributed by atoms with Crippen LogP contribution in [0.15, 0.2) is 53.2 Å². The molecule has 34 heavy (non-hydrogen) atoms. The number of hydrogen-bond donors (Lipinski definition) is 2. The average molecular weight is 462 g/mol. The highest BCUT2D eigenvalue weighted by Crippen LogP contribution is 2.34. The first kappa shape index (κ1) is 23.3. The summed E-state index contributed by atoms with van der Waals surface area (Å²) in [6.45, 7) is 3.52. The normalized spacial score (nSPS) is 17.5. The van der Waals surface area contributed by atoms with Crippen LogP contribution in [0.25, 0.3) is 17.2 Å². The maximum absolute atomic E-state index is 12.6. The van der Waals surface area contributed by atoms with Crippen LogP contribution >= 0.6 is 0 Å². The minimum Gasteiger partial charge on any atom is -0.463 e. The molecule has 2 heterocycles. The van der Waals surface area contributed by atoms with Crippen LogP contribution in [-0.4, -0.2) is 48.7 Å². The molecule has 1 atom stereocenters. The number of esters is 1. The zero-order valence-electron chi connectivity index (χ0n) is 19.0. The maximum Gasteiger partial charge on any atom is 0.367 e. The van der Waals surface area contributed by atoms with E-state index < -0.39 is 18.2 Å². The van der Waals surface area contributed by atoms with Crippen molar-refractivity contribution in [2.24, 2.45) is 10.8 Å². The summed E-state index contributed by atoms with van der Waals surface area (Å²) >= 11 is 0. The van der Waals surface area contributed by atoms with Crippen molar-refractivity contribution in [2.75, 3.05) is 24.6 Å². The Hall–Kier alpha value is -3.85. The van der Waals surface area contributed by atoms with Crippen LogP contribution in [0, 0.1) is 5.53 Å². The lowest BCUT2D eigenvalue weighted by Gasteiger charge is -2.26. The van der Waals surface area contributed by atoms with E-state index in [-0.39, 0.29) is 18.9 Å². The van der Waals surface area contributed by atoms with Crippen molar-refractivity contribution in [3.8, 4) is 11.1 Å². The van der Waals surface area contributed by atoms with Crippen LogP contribution in [-0.2, 0) is 9.53 Å². The van der Waals surface area contributed by atoms with Gasteiger partial charge in [0.05, 0.1) is 18.5 Å². The average Bonchev–Trinajstić information content (AvgIpc) is 3.34. The van der Waals surface area contributed by atoms with Crippen LogP contribution < -0.4 is 10.6 Å². The molecule has 0 spiro atoms. The molecule has 2 aromatic carbocycles. The van der Waals surface area contributed by atoms with Gasteiger partial charge in [0.15, 0.2) is 0 Å². The molecule has 1 saturated heterocycles. The molecule has 2 aromatic rings. The standard InChI is InChI=1S/C25H27N5O4/c1-2-34-24(32)20-14-19-13-18(9-10-21(19)30(22(26)15-20)25(33)28-27)16-5-7-17(8-6-16)23(31)29-11-3-4-12-29/h5-10,13-14,22,27H,2-4,11-12,15,26H2,1H3. The Balaban J connectivity index is 1.70. The Labute approximate surface area is 197 Å². The number of ether oxygens (including phenoxy) is 1. The summed E-state index contributed by atoms with van der Waals surface area (Å²) in [4.78, 5) is 40.6. The van der Waals surface area contributed by atoms with Gasteiger partial charge in [-0.25, -0.2) is 9.59 Å². The molecule has 176 valence electrons. The van der Waals surface area contributed by atoms with Gasteiger partial charge in [0.1, 0.15) is 0 Å². The Kier molecular flexibility index (Phi) is 6.83. The van der Waals surface area contributed by atoms with E-state index in [2.05, 4.69) is 5.11 Å². The lowest BCUT2D eigenvalue weighted by atomic mass is 9.99. The zero-order chi connectivity index (χ0) is 24.2. The fourth-order valence-corrected chi connectivity index (χ4v) is 4.38. The first-order chi connectivity index (χ1) is 16.4. The van der Waals surface area contributed by atoms with Crippen LogP contribution in [0.5, 0.6) is 0 Å². The van der Waals surface area contributed by atoms with Gasteiger partial charge in [-0.3, -0.25) is 9.69 Å². The van der Waals surface area contributed by atoms with Crippen molar-refractivity contribution in [1.82, 2.24) is 4.90 Å². The van der Waals surface area contributed by atoms with E-state index in [0.717, 1.165) is 37.1 Å². The number of carbonyl (C=O) groups excluding carboxylic acids is 3. The van der Waals surface area contributed by atoms with E-state index in [9.17, 15) is 14.4 Å². The van der Waals surface area contributed by atoms with Gasteiger partial charge in [-0.15, -0.1) is 0 Å². The Morgan fingerprint density at radius 1 is 1.09 bits per heavy atom. The number of anilines is 1. The van der Waals surface area contributed by atoms with Gasteiger partial charge in [-0.2, -0.15) is 5.53 Å². The lowest BCUT2D eigenvalue weighted by Crippen LogP contribution is -2.45. The Morgan fingerprint density at radius 2 is 1.76 bits per heavy atom.